The molecule has 0 saturated carbocycles. The summed E-state index contributed by atoms with van der Waals surface area (Å²) in [5.74, 6) is -0.136. The fourth-order valence-electron chi connectivity index (χ4n) is 3.54. The van der Waals surface area contributed by atoms with Crippen LogP contribution in [0.3, 0.4) is 0 Å². The van der Waals surface area contributed by atoms with Crippen LogP contribution in [0.25, 0.3) is 0 Å². The van der Waals surface area contributed by atoms with Gasteiger partial charge in [0.25, 0.3) is 0 Å². The molecular weight excluding hydrogens is 368 g/mol. The Morgan fingerprint density at radius 3 is 2.59 bits per heavy atom. The Hall–Kier alpha value is -2.28. The number of unbranched alkanes of at least 4 members (excludes halogenated alkanes) is 2. The van der Waals surface area contributed by atoms with E-state index in [0.29, 0.717) is 24.9 Å². The van der Waals surface area contributed by atoms with Gasteiger partial charge in [0.2, 0.25) is 11.8 Å². The number of amides is 2. The van der Waals surface area contributed by atoms with Crippen LogP contribution in [0.5, 0.6) is 0 Å². The van der Waals surface area contributed by atoms with Crippen molar-refractivity contribution in [1.29, 1.82) is 0 Å². The molecule has 1 aliphatic heterocycles. The lowest BCUT2D eigenvalue weighted by Gasteiger charge is -2.26. The Balaban J connectivity index is 1.83. The highest BCUT2D eigenvalue weighted by molar-refractivity contribution is 5.97. The number of carbonyl (C=O) groups excluding carboxylic acids is 3. The van der Waals surface area contributed by atoms with Crippen molar-refractivity contribution >= 4 is 23.3 Å². The molecule has 0 unspecified atom stereocenters. The SMILES string of the molecule is CC(=O)CCCCC[C@H](NC(=O)CCN1CCCCC1)C(=O)Nc1cccnc1. The molecule has 2 heterocycles. The minimum absolute atomic E-state index is 0.0920. The monoisotopic (exact) mass is 402 g/mol. The van der Waals surface area contributed by atoms with Gasteiger partial charge in [-0.3, -0.25) is 14.6 Å². The van der Waals surface area contributed by atoms with E-state index in [4.69, 9.17) is 0 Å². The first-order valence-electron chi connectivity index (χ1n) is 10.8. The minimum atomic E-state index is -0.582. The first-order chi connectivity index (χ1) is 14.0. The van der Waals surface area contributed by atoms with Crippen molar-refractivity contribution < 1.29 is 14.4 Å². The van der Waals surface area contributed by atoms with Crippen LogP contribution >= 0.6 is 0 Å². The molecule has 0 radical (unpaired) electrons. The van der Waals surface area contributed by atoms with Crippen LogP contribution in [0.15, 0.2) is 24.5 Å². The second-order valence-corrected chi connectivity index (χ2v) is 7.80. The van der Waals surface area contributed by atoms with Gasteiger partial charge in [-0.15, -0.1) is 0 Å². The van der Waals surface area contributed by atoms with Crippen LogP contribution in [0.1, 0.15) is 64.7 Å². The van der Waals surface area contributed by atoms with Crippen molar-refractivity contribution in [3.63, 3.8) is 0 Å². The predicted octanol–water partition coefficient (Wildman–Crippen LogP) is 2.92. The second-order valence-electron chi connectivity index (χ2n) is 7.80. The fourth-order valence-corrected chi connectivity index (χ4v) is 3.54. The molecule has 1 fully saturated rings. The molecule has 2 rings (SSSR count). The Labute approximate surface area is 173 Å². The van der Waals surface area contributed by atoms with Crippen molar-refractivity contribution in [2.45, 2.75) is 70.8 Å². The van der Waals surface area contributed by atoms with Gasteiger partial charge < -0.3 is 20.3 Å². The molecule has 7 heteroatoms. The zero-order chi connectivity index (χ0) is 20.9. The lowest BCUT2D eigenvalue weighted by Crippen LogP contribution is -2.45. The van der Waals surface area contributed by atoms with E-state index in [1.807, 2.05) is 0 Å². The topological polar surface area (TPSA) is 91.4 Å². The number of piperidine rings is 1. The van der Waals surface area contributed by atoms with Crippen LogP contribution in [-0.2, 0) is 14.4 Å². The molecule has 29 heavy (non-hydrogen) atoms. The zero-order valence-electron chi connectivity index (χ0n) is 17.5. The smallest absolute Gasteiger partial charge is 0.246 e. The Morgan fingerprint density at radius 1 is 1.10 bits per heavy atom. The maximum Gasteiger partial charge on any atom is 0.246 e. The molecule has 1 aromatic rings. The molecule has 0 bridgehead atoms. The van der Waals surface area contributed by atoms with Gasteiger partial charge in [-0.1, -0.05) is 19.3 Å². The van der Waals surface area contributed by atoms with E-state index in [1.54, 1.807) is 31.5 Å². The third kappa shape index (κ3) is 9.65. The number of carbonyl (C=O) groups is 3. The second kappa shape index (κ2) is 13.0. The van der Waals surface area contributed by atoms with E-state index in [0.717, 1.165) is 38.9 Å². The summed E-state index contributed by atoms with van der Waals surface area (Å²) in [6, 6.07) is 2.94. The summed E-state index contributed by atoms with van der Waals surface area (Å²) in [7, 11) is 0. The van der Waals surface area contributed by atoms with E-state index >= 15 is 0 Å². The summed E-state index contributed by atoms with van der Waals surface area (Å²) in [6.45, 7) is 4.43. The number of nitrogens with zero attached hydrogens (tertiary/aromatic N) is 2. The molecule has 0 spiro atoms. The molecule has 0 aromatic carbocycles. The van der Waals surface area contributed by atoms with Crippen molar-refractivity contribution in [3.8, 4) is 0 Å². The summed E-state index contributed by atoms with van der Waals surface area (Å²) in [6.07, 6.45) is 10.9. The average molecular weight is 403 g/mol. The largest absolute Gasteiger partial charge is 0.344 e. The van der Waals surface area contributed by atoms with Crippen LogP contribution in [0, 0.1) is 0 Å². The third-order valence-corrected chi connectivity index (χ3v) is 5.21. The van der Waals surface area contributed by atoms with Gasteiger partial charge in [0.05, 0.1) is 11.9 Å². The van der Waals surface area contributed by atoms with Gasteiger partial charge >= 0.3 is 0 Å². The highest BCUT2D eigenvalue weighted by atomic mass is 16.2. The molecule has 1 saturated heterocycles. The van der Waals surface area contributed by atoms with Crippen molar-refractivity contribution in [3.05, 3.63) is 24.5 Å². The van der Waals surface area contributed by atoms with E-state index in [9.17, 15) is 14.4 Å². The summed E-state index contributed by atoms with van der Waals surface area (Å²) in [5.41, 5.74) is 0.613. The first-order valence-corrected chi connectivity index (χ1v) is 10.8. The number of anilines is 1. The molecule has 2 amide bonds. The summed E-state index contributed by atoms with van der Waals surface area (Å²) in [5, 5.41) is 5.74. The molecule has 1 atom stereocenters. The lowest BCUT2D eigenvalue weighted by molar-refractivity contribution is -0.126. The number of likely N-dealkylation sites (tertiary alicyclic amines) is 1. The van der Waals surface area contributed by atoms with E-state index in [1.165, 1.54) is 19.3 Å². The Morgan fingerprint density at radius 2 is 1.90 bits per heavy atom. The maximum atomic E-state index is 12.7. The number of hydrogen-bond acceptors (Lipinski definition) is 5. The third-order valence-electron chi connectivity index (χ3n) is 5.21. The van der Waals surface area contributed by atoms with Gasteiger partial charge in [-0.05, 0) is 57.8 Å². The summed E-state index contributed by atoms with van der Waals surface area (Å²) in [4.78, 5) is 42.6. The predicted molar refractivity (Wildman–Crippen MR) is 113 cm³/mol. The van der Waals surface area contributed by atoms with Crippen LogP contribution in [-0.4, -0.2) is 53.2 Å². The fraction of sp³-hybridized carbons (Fsp3) is 0.636. The summed E-state index contributed by atoms with van der Waals surface area (Å²) < 4.78 is 0. The number of nitrogens with one attached hydrogen (secondary N) is 2. The number of ketones is 1. The summed E-state index contributed by atoms with van der Waals surface area (Å²) >= 11 is 0. The van der Waals surface area contributed by atoms with Gasteiger partial charge in [0, 0.05) is 25.6 Å². The molecule has 2 N–H and O–H groups in total. The van der Waals surface area contributed by atoms with Crippen LogP contribution < -0.4 is 10.6 Å². The van der Waals surface area contributed by atoms with Crippen LogP contribution in [0.4, 0.5) is 5.69 Å². The van der Waals surface area contributed by atoms with Gasteiger partial charge in [0.1, 0.15) is 11.8 Å². The van der Waals surface area contributed by atoms with Crippen molar-refractivity contribution in [2.75, 3.05) is 25.0 Å². The molecule has 7 nitrogen and oxygen atoms in total. The van der Waals surface area contributed by atoms with Gasteiger partial charge in [-0.2, -0.15) is 0 Å². The average Bonchev–Trinajstić information content (AvgIpc) is 2.72. The zero-order valence-corrected chi connectivity index (χ0v) is 17.5. The lowest BCUT2D eigenvalue weighted by atomic mass is 10.0. The van der Waals surface area contributed by atoms with Crippen molar-refractivity contribution in [1.82, 2.24) is 15.2 Å². The highest BCUT2D eigenvalue weighted by Crippen LogP contribution is 2.11. The van der Waals surface area contributed by atoms with E-state index in [-0.39, 0.29) is 17.6 Å². The molecular formula is C22H34N4O3. The normalized spacial score (nSPS) is 15.5. The molecule has 160 valence electrons. The number of aromatic nitrogens is 1. The molecule has 0 aliphatic carbocycles. The number of hydrogen-bond donors (Lipinski definition) is 2. The Bertz CT molecular complexity index is 645. The highest BCUT2D eigenvalue weighted by Gasteiger charge is 2.21. The minimum Gasteiger partial charge on any atom is -0.344 e. The van der Waals surface area contributed by atoms with E-state index < -0.39 is 6.04 Å². The number of rotatable bonds is 12. The van der Waals surface area contributed by atoms with Gasteiger partial charge in [-0.25, -0.2) is 0 Å². The number of pyridine rings is 1. The van der Waals surface area contributed by atoms with E-state index in [2.05, 4.69) is 20.5 Å². The quantitative estimate of drug-likeness (QED) is 0.525. The number of Topliss-reactive ketones (excluding diaryl/α,β-unsaturated/α-hetero) is 1. The first kappa shape index (κ1) is 23.0. The molecule has 1 aromatic heterocycles. The standard InChI is InChI=1S/C22H34N4O3/c1-18(27)9-4-2-5-11-20(22(29)24-19-10-8-13-23-17-19)25-21(28)12-16-26-14-6-3-7-15-26/h8,10,13,17,20H,2-7,9,11-12,14-16H2,1H3,(H,24,29)(H,25,28)/t20-/m0/s1. The van der Waals surface area contributed by atoms with Crippen molar-refractivity contribution in [2.24, 2.45) is 0 Å². The molecule has 1 aliphatic rings. The maximum absolute atomic E-state index is 12.7. The van der Waals surface area contributed by atoms with Crippen LogP contribution in [0.2, 0.25) is 0 Å². The van der Waals surface area contributed by atoms with Gasteiger partial charge in [0.15, 0.2) is 0 Å². The Kier molecular flexibility index (Phi) is 10.3.